The summed E-state index contributed by atoms with van der Waals surface area (Å²) in [4.78, 5) is 26.5. The Balaban J connectivity index is 1.61. The third-order valence-corrected chi connectivity index (χ3v) is 7.40. The van der Waals surface area contributed by atoms with Crippen molar-refractivity contribution in [1.82, 2.24) is 10.6 Å². The number of hydrogen-bond acceptors (Lipinski definition) is 6. The van der Waals surface area contributed by atoms with E-state index in [4.69, 9.17) is 18.9 Å². The summed E-state index contributed by atoms with van der Waals surface area (Å²) in [5, 5.41) is 5.99. The summed E-state index contributed by atoms with van der Waals surface area (Å²) >= 11 is 0. The molecule has 8 heteroatoms. The predicted octanol–water partition coefficient (Wildman–Crippen LogP) is 9.96. The van der Waals surface area contributed by atoms with Crippen molar-refractivity contribution in [2.45, 2.75) is 78.0 Å². The van der Waals surface area contributed by atoms with Gasteiger partial charge in [0.15, 0.2) is 0 Å². The van der Waals surface area contributed by atoms with Gasteiger partial charge in [-0.2, -0.15) is 0 Å². The molecule has 0 aliphatic rings. The quantitative estimate of drug-likeness (QED) is 0.146. The van der Waals surface area contributed by atoms with Crippen molar-refractivity contribution in [2.24, 2.45) is 0 Å². The smallest absolute Gasteiger partial charge is 0.408 e. The molecule has 0 bridgehead atoms. The van der Waals surface area contributed by atoms with Crippen LogP contribution in [0, 0.1) is 0 Å². The van der Waals surface area contributed by atoms with Crippen LogP contribution in [-0.2, 0) is 22.7 Å². The van der Waals surface area contributed by atoms with Crippen LogP contribution in [-0.4, -0.2) is 23.4 Å². The molecule has 4 aromatic rings. The highest BCUT2D eigenvalue weighted by atomic mass is 16.6. The molecule has 0 saturated heterocycles. The lowest BCUT2D eigenvalue weighted by Crippen LogP contribution is -2.44. The molecule has 8 nitrogen and oxygen atoms in total. The van der Waals surface area contributed by atoms with Crippen LogP contribution < -0.4 is 20.1 Å². The van der Waals surface area contributed by atoms with Crippen molar-refractivity contribution < 1.29 is 28.5 Å². The Hall–Kier alpha value is -5.50. The summed E-state index contributed by atoms with van der Waals surface area (Å²) in [5.41, 5.74) is 4.05. The third kappa shape index (κ3) is 11.9. The number of amides is 2. The lowest BCUT2D eigenvalue weighted by molar-refractivity contribution is 0.0427. The zero-order chi connectivity index (χ0) is 36.3. The Kier molecular flexibility index (Phi) is 12.5. The average molecular weight is 677 g/mol. The van der Waals surface area contributed by atoms with Gasteiger partial charge in [0, 0.05) is 0 Å². The number of rotatable bonds is 13. The largest absolute Gasteiger partial charge is 0.489 e. The van der Waals surface area contributed by atoms with Gasteiger partial charge in [-0.1, -0.05) is 98.1 Å². The number of alkyl carbamates (subject to hydrolysis) is 2. The van der Waals surface area contributed by atoms with E-state index >= 15 is 0 Å². The summed E-state index contributed by atoms with van der Waals surface area (Å²) in [6.07, 6.45) is 2.32. The van der Waals surface area contributed by atoms with E-state index in [9.17, 15) is 9.59 Å². The van der Waals surface area contributed by atoms with Crippen LogP contribution in [0.5, 0.6) is 11.5 Å². The van der Waals surface area contributed by atoms with Crippen LogP contribution >= 0.6 is 0 Å². The molecule has 4 aromatic carbocycles. The minimum Gasteiger partial charge on any atom is -0.489 e. The fraction of sp³-hybridized carbons (Fsp3) is 0.286. The molecule has 262 valence electrons. The highest BCUT2D eigenvalue weighted by Gasteiger charge is 2.31. The van der Waals surface area contributed by atoms with Crippen molar-refractivity contribution in [3.05, 3.63) is 144 Å². The minimum absolute atomic E-state index is 0.383. The molecule has 2 amide bonds. The van der Waals surface area contributed by atoms with Gasteiger partial charge in [0.25, 0.3) is 0 Å². The van der Waals surface area contributed by atoms with Gasteiger partial charge >= 0.3 is 12.2 Å². The van der Waals surface area contributed by atoms with Gasteiger partial charge in [-0.05, 0) is 99.2 Å². The maximum atomic E-state index is 13.2. The number of carbonyl (C=O) groups is 2. The number of benzene rings is 4. The van der Waals surface area contributed by atoms with Crippen LogP contribution in [0.3, 0.4) is 0 Å². The van der Waals surface area contributed by atoms with E-state index in [1.807, 2.05) is 97.1 Å². The fourth-order valence-electron chi connectivity index (χ4n) is 4.96. The van der Waals surface area contributed by atoms with Crippen LogP contribution in [0.15, 0.2) is 110 Å². The molecule has 2 N–H and O–H groups in total. The maximum absolute atomic E-state index is 13.2. The lowest BCUT2D eigenvalue weighted by atomic mass is 9.93. The second-order valence-corrected chi connectivity index (χ2v) is 13.9. The van der Waals surface area contributed by atoms with Crippen molar-refractivity contribution in [2.75, 3.05) is 0 Å². The molecule has 0 radical (unpaired) electrons. The Morgan fingerprint density at radius 3 is 1.16 bits per heavy atom. The van der Waals surface area contributed by atoms with E-state index in [1.54, 1.807) is 53.7 Å². The molecule has 0 aliphatic carbocycles. The zero-order valence-corrected chi connectivity index (χ0v) is 29.8. The molecule has 4 rings (SSSR count). The first kappa shape index (κ1) is 37.3. The third-order valence-electron chi connectivity index (χ3n) is 7.40. The molecule has 0 saturated carbocycles. The molecular weight excluding hydrogens is 628 g/mol. The SMILES string of the molecule is C=Cc1ccc(COc2ccc([C@H](NC(=O)OC(C)(C)C)[C@@H](NC(=O)OC(C)(C)C)c3ccc(OCc4ccc(C=C)cc4)cc3)cc2)cc1. The predicted molar refractivity (Wildman–Crippen MR) is 199 cm³/mol. The molecule has 0 heterocycles. The molecular formula is C42H48N2O6. The van der Waals surface area contributed by atoms with Gasteiger partial charge in [0.1, 0.15) is 35.9 Å². The normalized spacial score (nSPS) is 12.5. The second kappa shape index (κ2) is 16.7. The molecule has 0 spiro atoms. The second-order valence-electron chi connectivity index (χ2n) is 13.9. The summed E-state index contributed by atoms with van der Waals surface area (Å²) < 4.78 is 23.4. The Morgan fingerprint density at radius 2 is 0.880 bits per heavy atom. The summed E-state index contributed by atoms with van der Waals surface area (Å²) in [5.74, 6) is 1.30. The van der Waals surface area contributed by atoms with Crippen LogP contribution in [0.2, 0.25) is 0 Å². The van der Waals surface area contributed by atoms with E-state index in [0.29, 0.717) is 35.8 Å². The summed E-state index contributed by atoms with van der Waals surface area (Å²) in [6.45, 7) is 19.1. The zero-order valence-electron chi connectivity index (χ0n) is 29.8. The van der Waals surface area contributed by atoms with Crippen LogP contribution in [0.1, 0.15) is 87.0 Å². The lowest BCUT2D eigenvalue weighted by Gasteiger charge is -2.32. The van der Waals surface area contributed by atoms with Gasteiger partial charge in [-0.3, -0.25) is 0 Å². The van der Waals surface area contributed by atoms with Gasteiger partial charge in [-0.15, -0.1) is 0 Å². The number of ether oxygens (including phenoxy) is 4. The summed E-state index contributed by atoms with van der Waals surface area (Å²) in [6, 6.07) is 29.2. The highest BCUT2D eigenvalue weighted by molar-refractivity contribution is 5.71. The molecule has 50 heavy (non-hydrogen) atoms. The van der Waals surface area contributed by atoms with E-state index in [1.165, 1.54) is 0 Å². The first-order valence-corrected chi connectivity index (χ1v) is 16.6. The van der Waals surface area contributed by atoms with E-state index in [-0.39, 0.29) is 0 Å². The Labute approximate surface area is 296 Å². The minimum atomic E-state index is -0.756. The highest BCUT2D eigenvalue weighted by Crippen LogP contribution is 2.32. The number of carbonyl (C=O) groups excluding carboxylic acids is 2. The topological polar surface area (TPSA) is 95.1 Å². The number of hydrogen-bond donors (Lipinski definition) is 2. The molecule has 0 unspecified atom stereocenters. The van der Waals surface area contributed by atoms with E-state index < -0.39 is 35.5 Å². The van der Waals surface area contributed by atoms with Crippen molar-refractivity contribution in [1.29, 1.82) is 0 Å². The first-order chi connectivity index (χ1) is 23.7. The summed E-state index contributed by atoms with van der Waals surface area (Å²) in [7, 11) is 0. The van der Waals surface area contributed by atoms with E-state index in [0.717, 1.165) is 22.3 Å². The first-order valence-electron chi connectivity index (χ1n) is 16.6. The molecule has 0 aromatic heterocycles. The van der Waals surface area contributed by atoms with Gasteiger partial charge in [-0.25, -0.2) is 9.59 Å². The average Bonchev–Trinajstić information content (AvgIpc) is 3.07. The van der Waals surface area contributed by atoms with Gasteiger partial charge < -0.3 is 29.6 Å². The standard InChI is InChI=1S/C42H48N2O6/c1-9-29-11-15-31(16-12-29)27-47-35-23-19-33(20-24-35)37(43-39(45)49-41(3,4)5)38(44-40(46)50-42(6,7)8)34-21-25-36(26-22-34)48-28-32-17-13-30(10-2)14-18-32/h9-26,37-38H,1-2,27-28H2,3-8H3,(H,43,45)(H,44,46)/t37-,38-/m0/s1. The van der Waals surface area contributed by atoms with Crippen LogP contribution in [0.25, 0.3) is 12.2 Å². The molecule has 2 atom stereocenters. The monoisotopic (exact) mass is 676 g/mol. The Morgan fingerprint density at radius 1 is 0.560 bits per heavy atom. The maximum Gasteiger partial charge on any atom is 0.408 e. The Bertz CT molecular complexity index is 1590. The van der Waals surface area contributed by atoms with Crippen molar-refractivity contribution >= 4 is 24.3 Å². The van der Waals surface area contributed by atoms with Crippen molar-refractivity contribution in [3.8, 4) is 11.5 Å². The van der Waals surface area contributed by atoms with Gasteiger partial charge in [0.2, 0.25) is 0 Å². The van der Waals surface area contributed by atoms with Crippen LogP contribution in [0.4, 0.5) is 9.59 Å². The number of nitrogens with one attached hydrogen (secondary N) is 2. The van der Waals surface area contributed by atoms with Gasteiger partial charge in [0.05, 0.1) is 12.1 Å². The molecule has 0 aliphatic heterocycles. The molecule has 0 fully saturated rings. The van der Waals surface area contributed by atoms with Crippen molar-refractivity contribution in [3.63, 3.8) is 0 Å². The fourth-order valence-corrected chi connectivity index (χ4v) is 4.96. The van der Waals surface area contributed by atoms with E-state index in [2.05, 4.69) is 23.8 Å².